The smallest absolute Gasteiger partial charge is 0.503 e. The predicted octanol–water partition coefficient (Wildman–Crippen LogP) is 21.6. The van der Waals surface area contributed by atoms with Gasteiger partial charge in [-0.25, -0.2) is 14.8 Å². The lowest BCUT2D eigenvalue weighted by Gasteiger charge is -2.31. The van der Waals surface area contributed by atoms with Crippen LogP contribution in [0.15, 0.2) is 142 Å². The van der Waals surface area contributed by atoms with Gasteiger partial charge in [0.05, 0.1) is 41.9 Å². The Hall–Kier alpha value is -8.69. The molecule has 10 aromatic rings. The van der Waals surface area contributed by atoms with Gasteiger partial charge in [0.2, 0.25) is 11.8 Å². The lowest BCUT2D eigenvalue weighted by atomic mass is 9.76. The van der Waals surface area contributed by atoms with Crippen LogP contribution in [-0.2, 0) is 0 Å². The Kier molecular flexibility index (Phi) is 21.2. The first-order valence-electron chi connectivity index (χ1n) is 36.2. The summed E-state index contributed by atoms with van der Waals surface area (Å²) in [5, 5.41) is 14.6. The Labute approximate surface area is 612 Å². The van der Waals surface area contributed by atoms with Crippen molar-refractivity contribution in [1.82, 2.24) is 18.9 Å². The van der Waals surface area contributed by atoms with Gasteiger partial charge in [-0.05, 0) is 181 Å². The van der Waals surface area contributed by atoms with Crippen LogP contribution in [0.1, 0.15) is 174 Å². The van der Waals surface area contributed by atoms with E-state index in [1.54, 1.807) is 36.4 Å². The fourth-order valence-corrected chi connectivity index (χ4v) is 16.1. The molecule has 6 aromatic carbocycles. The van der Waals surface area contributed by atoms with E-state index in [0.29, 0.717) is 137 Å². The summed E-state index contributed by atoms with van der Waals surface area (Å²) in [6.07, 6.45) is 8.43. The molecule has 6 unspecified atom stereocenters. The molecule has 14 nitrogen and oxygen atoms in total. The molecule has 530 valence electrons. The van der Waals surface area contributed by atoms with Crippen molar-refractivity contribution in [2.45, 2.75) is 162 Å². The molecular weight excluding hydrogens is 1310 g/mol. The monoisotopic (exact) mass is 1410 g/mol. The van der Waals surface area contributed by atoms with Crippen molar-refractivity contribution in [3.8, 4) is 63.1 Å². The SMILES string of the molecule is [C-]#[N+]/C(c1nc2cc(Cl)ccc2o1)=c1\c2c(-c3cccc(OCC(CCC(C)CC(C)(C)C)C(C)CC(C)(C)C)c3)n(B3Oc4ccccc4O3)/c(=C(/C#N)c3nc4cc(Cl)ccc4o3)c2c(-c2cccc(OCC(CCC(C)CC(C)(C)C)C(C)CC(C)(C)C)c2)n1B1Oc2ccccc2O1. The van der Waals surface area contributed by atoms with E-state index in [9.17, 15) is 11.8 Å². The molecule has 0 aliphatic carbocycles. The summed E-state index contributed by atoms with van der Waals surface area (Å²) >= 11 is 13.4. The zero-order valence-corrected chi connectivity index (χ0v) is 63.6. The second kappa shape index (κ2) is 29.6. The molecule has 0 fully saturated rings. The zero-order chi connectivity index (χ0) is 72.7. The van der Waals surface area contributed by atoms with Crippen molar-refractivity contribution in [3.63, 3.8) is 0 Å². The molecule has 102 heavy (non-hydrogen) atoms. The molecule has 2 aliphatic heterocycles. The first kappa shape index (κ1) is 73.1. The number of nitriles is 1. The predicted molar refractivity (Wildman–Crippen MR) is 412 cm³/mol. The zero-order valence-electron chi connectivity index (χ0n) is 62.1. The average Bonchev–Trinajstić information content (AvgIpc) is 1.52. The van der Waals surface area contributed by atoms with Crippen LogP contribution in [0.5, 0.6) is 34.5 Å². The molecule has 0 saturated heterocycles. The van der Waals surface area contributed by atoms with Crippen LogP contribution in [0.2, 0.25) is 10.0 Å². The molecule has 2 aliphatic rings. The highest BCUT2D eigenvalue weighted by atomic mass is 35.5. The Morgan fingerprint density at radius 3 is 1.30 bits per heavy atom. The van der Waals surface area contributed by atoms with Gasteiger partial charge in [-0.2, -0.15) is 5.26 Å². The van der Waals surface area contributed by atoms with Gasteiger partial charge in [0, 0.05) is 31.9 Å². The van der Waals surface area contributed by atoms with E-state index in [0.717, 1.165) is 51.4 Å². The fraction of sp³-hybridized carbons (Fsp3) is 0.429. The lowest BCUT2D eigenvalue weighted by molar-refractivity contribution is 0.147. The molecule has 0 radical (unpaired) electrons. The fourth-order valence-electron chi connectivity index (χ4n) is 15.8. The number of nitrogens with zero attached hydrogens (tertiary/aromatic N) is 6. The summed E-state index contributed by atoms with van der Waals surface area (Å²) in [5.41, 5.74) is 4.39. The maximum absolute atomic E-state index is 12.3. The molecule has 0 spiro atoms. The number of rotatable bonds is 24. The maximum atomic E-state index is 12.3. The molecule has 18 heteroatoms. The summed E-state index contributed by atoms with van der Waals surface area (Å²) in [7, 11) is -2.61. The minimum atomic E-state index is -1.31. The van der Waals surface area contributed by atoms with Gasteiger partial charge in [0.1, 0.15) is 57.2 Å². The molecule has 6 heterocycles. The molecule has 0 N–H and O–H groups in total. The van der Waals surface area contributed by atoms with Crippen molar-refractivity contribution in [3.05, 3.63) is 177 Å². The average molecular weight is 1410 g/mol. The minimum absolute atomic E-state index is 0.00312. The van der Waals surface area contributed by atoms with Gasteiger partial charge < -0.3 is 45.9 Å². The second-order valence-corrected chi connectivity index (χ2v) is 34.5. The van der Waals surface area contributed by atoms with Crippen LogP contribution in [0.3, 0.4) is 0 Å². The highest BCUT2D eigenvalue weighted by molar-refractivity contribution is 6.49. The number of halogens is 2. The van der Waals surface area contributed by atoms with Gasteiger partial charge in [-0.3, -0.25) is 0 Å². The van der Waals surface area contributed by atoms with Crippen molar-refractivity contribution in [2.24, 2.45) is 57.2 Å². The summed E-state index contributed by atoms with van der Waals surface area (Å²) in [5.74, 6) is 5.27. The molecule has 0 saturated carbocycles. The van der Waals surface area contributed by atoms with E-state index in [-0.39, 0.29) is 67.2 Å². The molecule has 6 atom stereocenters. The second-order valence-electron chi connectivity index (χ2n) is 33.6. The van der Waals surface area contributed by atoms with E-state index in [4.69, 9.17) is 70.1 Å². The number of aromatic nitrogens is 4. The summed E-state index contributed by atoms with van der Waals surface area (Å²) in [6, 6.07) is 43.8. The first-order valence-corrected chi connectivity index (χ1v) is 36.9. The van der Waals surface area contributed by atoms with Gasteiger partial charge in [-0.1, -0.05) is 195 Å². The highest BCUT2D eigenvalue weighted by Gasteiger charge is 2.46. The molecule has 12 rings (SSSR count). The largest absolute Gasteiger partial charge is 0.743 e. The van der Waals surface area contributed by atoms with Crippen molar-refractivity contribution < 1.29 is 36.9 Å². The quantitative estimate of drug-likeness (QED) is 0.0421. The van der Waals surface area contributed by atoms with Crippen LogP contribution in [0.25, 0.3) is 71.6 Å². The molecular formula is C84H96B2Cl2N6O8. The Bertz CT molecular complexity index is 4580. The normalized spacial score (nSPS) is 15.7. The maximum Gasteiger partial charge on any atom is 0.743 e. The van der Waals surface area contributed by atoms with Crippen LogP contribution in [0.4, 0.5) is 0 Å². The topological polar surface area (TPSA) is 145 Å². The minimum Gasteiger partial charge on any atom is -0.503 e. The van der Waals surface area contributed by atoms with E-state index in [2.05, 4.69) is 122 Å². The van der Waals surface area contributed by atoms with Gasteiger partial charge in [0.15, 0.2) is 11.2 Å². The third-order valence-electron chi connectivity index (χ3n) is 19.6. The number of hydrogen-bond donors (Lipinski definition) is 0. The van der Waals surface area contributed by atoms with Crippen molar-refractivity contribution in [2.75, 3.05) is 13.2 Å². The van der Waals surface area contributed by atoms with Crippen LogP contribution < -0.4 is 38.8 Å². The third kappa shape index (κ3) is 16.7. The summed E-state index contributed by atoms with van der Waals surface area (Å²) in [4.78, 5) is 14.6. The van der Waals surface area contributed by atoms with E-state index >= 15 is 0 Å². The van der Waals surface area contributed by atoms with E-state index in [1.807, 2.05) is 106 Å². The standard InChI is InChI=1S/C84H96B2Cl2N6O8/c1-51(44-81(5,6)7)32-34-57(53(3)46-83(11,12)13)49-95-61-26-22-24-55(40-61)75-72-73(78(94(75)86-101-70-30-20-21-31-71(70)102-86)74(90-17)80-92-65-43-60(88)37-39-67(65)98-80)76(56-25-23-27-62(41-56)96-50-58(54(4)47-84(14,15)16)35-33-52(2)45-82(8,9)10)93(85-99-68-28-18-19-29-69(68)100-85)77(72)63(48-89)79-91-64-42-59(87)36-38-66(64)97-79/h18-31,36-43,51-54,57-58H,32-35,44-47,49-50H2,1-16H3/b77-63-,78-74+. The number of ether oxygens (including phenoxy) is 2. The van der Waals surface area contributed by atoms with Crippen LogP contribution >= 0.6 is 23.2 Å². The van der Waals surface area contributed by atoms with Gasteiger partial charge in [0.25, 0.3) is 5.70 Å². The molecule has 0 bridgehead atoms. The lowest BCUT2D eigenvalue weighted by Crippen LogP contribution is -2.44. The van der Waals surface area contributed by atoms with Crippen LogP contribution in [0, 0.1) is 75.1 Å². The Balaban J connectivity index is 1.18. The van der Waals surface area contributed by atoms with E-state index in [1.165, 1.54) is 0 Å². The molecule has 4 aromatic heterocycles. The van der Waals surface area contributed by atoms with E-state index < -0.39 is 14.5 Å². The number of para-hydroxylation sites is 4. The highest BCUT2D eigenvalue weighted by Crippen LogP contribution is 2.45. The van der Waals surface area contributed by atoms with Gasteiger partial charge >= 0.3 is 14.5 Å². The molecule has 0 amide bonds. The Morgan fingerprint density at radius 1 is 0.510 bits per heavy atom. The summed E-state index contributed by atoms with van der Waals surface area (Å²) in [6.45, 7) is 47.7. The summed E-state index contributed by atoms with van der Waals surface area (Å²) < 4.78 is 59.7. The van der Waals surface area contributed by atoms with Crippen molar-refractivity contribution >= 4 is 82.0 Å². The number of oxazole rings is 2. The number of fused-ring (bicyclic) bond motifs is 5. The Morgan fingerprint density at radius 2 is 0.902 bits per heavy atom. The number of benzene rings is 6. The van der Waals surface area contributed by atoms with Crippen molar-refractivity contribution in [1.29, 1.82) is 5.26 Å². The number of hydrogen-bond acceptors (Lipinski definition) is 11. The third-order valence-corrected chi connectivity index (χ3v) is 20.1. The van der Waals surface area contributed by atoms with Gasteiger partial charge in [-0.15, -0.1) is 0 Å². The first-order chi connectivity index (χ1) is 48.4. The van der Waals surface area contributed by atoms with Crippen LogP contribution in [-0.4, -0.2) is 46.6 Å².